The monoisotopic (exact) mass is 454 g/mol. The lowest BCUT2D eigenvalue weighted by atomic mass is 10.2. The number of ether oxygens (including phenoxy) is 1. The summed E-state index contributed by atoms with van der Waals surface area (Å²) in [6.45, 7) is 0. The van der Waals surface area contributed by atoms with Crippen LogP contribution < -0.4 is 10.2 Å². The highest BCUT2D eigenvalue weighted by Crippen LogP contribution is 2.24. The highest BCUT2D eigenvalue weighted by Gasteiger charge is 2.13. The van der Waals surface area contributed by atoms with Crippen LogP contribution in [0.1, 0.15) is 26.3 Å². The molecule has 0 fully saturated rings. The predicted molar refractivity (Wildman–Crippen MR) is 110 cm³/mol. The number of hydrogen-bond acceptors (Lipinski definition) is 6. The Morgan fingerprint density at radius 2 is 1.76 bits per heavy atom. The van der Waals surface area contributed by atoms with Crippen molar-refractivity contribution in [2.75, 3.05) is 0 Å². The Kier molecular flexibility index (Phi) is 6.25. The first kappa shape index (κ1) is 20.1. The van der Waals surface area contributed by atoms with Gasteiger partial charge >= 0.3 is 5.97 Å². The van der Waals surface area contributed by atoms with Crippen LogP contribution in [-0.2, 0) is 0 Å². The van der Waals surface area contributed by atoms with Gasteiger partial charge in [0.2, 0.25) is 0 Å². The molecule has 7 nitrogen and oxygen atoms in total. The van der Waals surface area contributed by atoms with Crippen LogP contribution in [0.25, 0.3) is 0 Å². The van der Waals surface area contributed by atoms with E-state index in [4.69, 9.17) is 4.74 Å². The summed E-state index contributed by atoms with van der Waals surface area (Å²) in [5.41, 5.74) is 3.06. The van der Waals surface area contributed by atoms with Crippen molar-refractivity contribution in [2.24, 2.45) is 5.10 Å². The normalized spacial score (nSPS) is 10.7. The predicted octanol–water partition coefficient (Wildman–Crippen LogP) is 3.84. The first-order valence-electron chi connectivity index (χ1n) is 8.36. The Hall–Kier alpha value is -3.65. The molecule has 29 heavy (non-hydrogen) atoms. The molecule has 8 heteroatoms. The SMILES string of the molecule is O=C(Oc1ccc(Br)cc1/C=N\NC(=O)c1ccc(O)cc1O)c1ccccc1. The van der Waals surface area contributed by atoms with Gasteiger partial charge in [0.15, 0.2) is 0 Å². The third kappa shape index (κ3) is 5.20. The number of rotatable bonds is 5. The number of benzene rings is 3. The van der Waals surface area contributed by atoms with E-state index >= 15 is 0 Å². The fourth-order valence-electron chi connectivity index (χ4n) is 2.38. The molecule has 146 valence electrons. The number of aromatic hydroxyl groups is 2. The lowest BCUT2D eigenvalue weighted by Crippen LogP contribution is -2.17. The number of esters is 1. The average molecular weight is 455 g/mol. The van der Waals surface area contributed by atoms with Crippen LogP contribution in [0.15, 0.2) is 76.3 Å². The number of amides is 1. The zero-order valence-electron chi connectivity index (χ0n) is 14.9. The molecule has 3 aromatic carbocycles. The van der Waals surface area contributed by atoms with Crippen molar-refractivity contribution in [3.05, 3.63) is 87.9 Å². The molecule has 0 bridgehead atoms. The fourth-order valence-corrected chi connectivity index (χ4v) is 2.76. The van der Waals surface area contributed by atoms with Gasteiger partial charge in [0.25, 0.3) is 5.91 Å². The van der Waals surface area contributed by atoms with Crippen LogP contribution in [0.4, 0.5) is 0 Å². The van der Waals surface area contributed by atoms with E-state index in [-0.39, 0.29) is 22.8 Å². The minimum absolute atomic E-state index is 0.0510. The second kappa shape index (κ2) is 9.03. The van der Waals surface area contributed by atoms with E-state index in [1.807, 2.05) is 0 Å². The van der Waals surface area contributed by atoms with Crippen molar-refractivity contribution >= 4 is 34.0 Å². The molecule has 0 radical (unpaired) electrons. The number of carbonyl (C=O) groups excluding carboxylic acids is 2. The van der Waals surface area contributed by atoms with Crippen molar-refractivity contribution in [3.63, 3.8) is 0 Å². The Bertz CT molecular complexity index is 1080. The van der Waals surface area contributed by atoms with Crippen molar-refractivity contribution in [3.8, 4) is 17.2 Å². The zero-order valence-corrected chi connectivity index (χ0v) is 16.5. The summed E-state index contributed by atoms with van der Waals surface area (Å²) in [6.07, 6.45) is 1.31. The van der Waals surface area contributed by atoms with Crippen LogP contribution in [-0.4, -0.2) is 28.3 Å². The molecule has 0 spiro atoms. The van der Waals surface area contributed by atoms with E-state index in [0.29, 0.717) is 11.1 Å². The van der Waals surface area contributed by atoms with E-state index < -0.39 is 11.9 Å². The van der Waals surface area contributed by atoms with E-state index in [0.717, 1.165) is 10.5 Å². The van der Waals surface area contributed by atoms with Gasteiger partial charge in [-0.1, -0.05) is 34.1 Å². The van der Waals surface area contributed by atoms with E-state index in [1.165, 1.54) is 18.3 Å². The Morgan fingerprint density at radius 3 is 2.48 bits per heavy atom. The summed E-state index contributed by atoms with van der Waals surface area (Å²) in [4.78, 5) is 24.4. The number of hydrazone groups is 1. The van der Waals surface area contributed by atoms with Gasteiger partial charge in [0, 0.05) is 16.1 Å². The topological polar surface area (TPSA) is 108 Å². The number of nitrogens with zero attached hydrogens (tertiary/aromatic N) is 1. The molecule has 3 rings (SSSR count). The molecular weight excluding hydrogens is 440 g/mol. The van der Waals surface area contributed by atoms with E-state index in [2.05, 4.69) is 26.5 Å². The maximum Gasteiger partial charge on any atom is 0.343 e. The Labute approximate surface area is 174 Å². The van der Waals surface area contributed by atoms with Gasteiger partial charge in [-0.05, 0) is 42.5 Å². The van der Waals surface area contributed by atoms with Crippen molar-refractivity contribution < 1.29 is 24.5 Å². The number of phenolic OH excluding ortho intramolecular Hbond substituents is 2. The first-order chi connectivity index (χ1) is 13.9. The molecule has 0 aromatic heterocycles. The molecule has 0 saturated carbocycles. The van der Waals surface area contributed by atoms with Crippen LogP contribution >= 0.6 is 15.9 Å². The van der Waals surface area contributed by atoms with E-state index in [1.54, 1.807) is 48.5 Å². The molecule has 1 amide bonds. The molecule has 0 aliphatic heterocycles. The third-order valence-corrected chi connectivity index (χ3v) is 4.27. The van der Waals surface area contributed by atoms with Gasteiger partial charge < -0.3 is 14.9 Å². The fraction of sp³-hybridized carbons (Fsp3) is 0. The first-order valence-corrected chi connectivity index (χ1v) is 9.15. The summed E-state index contributed by atoms with van der Waals surface area (Å²) in [6, 6.07) is 17.1. The molecule has 0 heterocycles. The standard InChI is InChI=1S/C21H15BrN2O5/c22-15-6-9-19(29-21(28)13-4-2-1-3-5-13)14(10-15)12-23-24-20(27)17-8-7-16(25)11-18(17)26/h1-12,25-26H,(H,24,27)/b23-12-. The van der Waals surface area contributed by atoms with Crippen molar-refractivity contribution in [2.45, 2.75) is 0 Å². The summed E-state index contributed by atoms with van der Waals surface area (Å²) >= 11 is 3.34. The second-order valence-electron chi connectivity index (χ2n) is 5.84. The summed E-state index contributed by atoms with van der Waals surface area (Å²) in [5, 5.41) is 22.9. The largest absolute Gasteiger partial charge is 0.508 e. The number of halogens is 1. The van der Waals surface area contributed by atoms with Crippen LogP contribution in [0.5, 0.6) is 17.2 Å². The van der Waals surface area contributed by atoms with Gasteiger partial charge in [-0.2, -0.15) is 5.10 Å². The minimum atomic E-state index is -0.670. The molecule has 0 aliphatic rings. The lowest BCUT2D eigenvalue weighted by Gasteiger charge is -2.08. The third-order valence-electron chi connectivity index (χ3n) is 3.78. The number of carbonyl (C=O) groups is 2. The lowest BCUT2D eigenvalue weighted by molar-refractivity contribution is 0.0734. The Morgan fingerprint density at radius 1 is 1.00 bits per heavy atom. The summed E-state index contributed by atoms with van der Waals surface area (Å²) in [7, 11) is 0. The summed E-state index contributed by atoms with van der Waals surface area (Å²) < 4.78 is 6.15. The van der Waals surface area contributed by atoms with Crippen molar-refractivity contribution in [1.29, 1.82) is 0 Å². The van der Waals surface area contributed by atoms with Gasteiger partial charge in [0.05, 0.1) is 17.3 Å². The maximum atomic E-state index is 12.3. The number of phenols is 2. The van der Waals surface area contributed by atoms with Crippen LogP contribution in [0, 0.1) is 0 Å². The van der Waals surface area contributed by atoms with Gasteiger partial charge in [-0.25, -0.2) is 10.2 Å². The minimum Gasteiger partial charge on any atom is -0.508 e. The molecule has 0 saturated heterocycles. The van der Waals surface area contributed by atoms with Crippen LogP contribution in [0.3, 0.4) is 0 Å². The molecule has 3 aromatic rings. The highest BCUT2D eigenvalue weighted by atomic mass is 79.9. The van der Waals surface area contributed by atoms with Crippen molar-refractivity contribution in [1.82, 2.24) is 5.43 Å². The second-order valence-corrected chi connectivity index (χ2v) is 6.75. The summed E-state index contributed by atoms with van der Waals surface area (Å²) in [5.74, 6) is -1.48. The molecule has 0 aliphatic carbocycles. The number of nitrogens with one attached hydrogen (secondary N) is 1. The van der Waals surface area contributed by atoms with Gasteiger partial charge in [0.1, 0.15) is 17.2 Å². The smallest absolute Gasteiger partial charge is 0.343 e. The van der Waals surface area contributed by atoms with Gasteiger partial charge in [-0.3, -0.25) is 4.79 Å². The molecular formula is C21H15BrN2O5. The average Bonchev–Trinajstić information content (AvgIpc) is 2.70. The molecule has 3 N–H and O–H groups in total. The van der Waals surface area contributed by atoms with Crippen LogP contribution in [0.2, 0.25) is 0 Å². The van der Waals surface area contributed by atoms with E-state index in [9.17, 15) is 19.8 Å². The highest BCUT2D eigenvalue weighted by molar-refractivity contribution is 9.10. The molecule has 0 atom stereocenters. The quantitative estimate of drug-likeness (QED) is 0.235. The maximum absolute atomic E-state index is 12.3. The van der Waals surface area contributed by atoms with Gasteiger partial charge in [-0.15, -0.1) is 0 Å². The number of hydrogen-bond donors (Lipinski definition) is 3. The Balaban J connectivity index is 1.75. The zero-order chi connectivity index (χ0) is 20.8. The molecule has 0 unspecified atom stereocenters.